The number of alkyl halides is 3. The molecule has 6 heteroatoms. The van der Waals surface area contributed by atoms with Crippen LogP contribution in [0, 0.1) is 5.92 Å². The van der Waals surface area contributed by atoms with Crippen molar-refractivity contribution in [2.24, 2.45) is 11.8 Å². The molecule has 0 fully saturated rings. The Balaban J connectivity index is 3.24. The van der Waals surface area contributed by atoms with Crippen molar-refractivity contribution >= 4 is 0 Å². The molecule has 0 aliphatic rings. The maximum absolute atomic E-state index is 13.1. The van der Waals surface area contributed by atoms with Crippen LogP contribution in [0.15, 0.2) is 24.3 Å². The minimum Gasteiger partial charge on any atom is -0.376 e. The van der Waals surface area contributed by atoms with Crippen LogP contribution in [0.1, 0.15) is 37.9 Å². The lowest BCUT2D eigenvalue weighted by atomic mass is 9.90. The predicted octanol–water partition coefficient (Wildman–Crippen LogP) is 3.27. The highest BCUT2D eigenvalue weighted by molar-refractivity contribution is 5.33. The maximum Gasteiger partial charge on any atom is 0.416 e. The monoisotopic (exact) mass is 290 g/mol. The van der Waals surface area contributed by atoms with Gasteiger partial charge in [-0.2, -0.15) is 13.2 Å². The van der Waals surface area contributed by atoms with Crippen molar-refractivity contribution in [2.75, 3.05) is 6.61 Å². The third-order valence-corrected chi connectivity index (χ3v) is 3.13. The molecule has 0 amide bonds. The van der Waals surface area contributed by atoms with E-state index in [1.165, 1.54) is 12.1 Å². The summed E-state index contributed by atoms with van der Waals surface area (Å²) in [6, 6.07) is 4.71. The Bertz CT molecular complexity index is 421. The van der Waals surface area contributed by atoms with E-state index < -0.39 is 23.9 Å². The molecule has 1 aromatic rings. The van der Waals surface area contributed by atoms with Gasteiger partial charge in [-0.05, 0) is 24.5 Å². The van der Waals surface area contributed by atoms with E-state index in [0.29, 0.717) is 6.61 Å². The Hall–Kier alpha value is -1.11. The van der Waals surface area contributed by atoms with Crippen molar-refractivity contribution < 1.29 is 17.9 Å². The zero-order chi connectivity index (χ0) is 15.3. The second-order valence-corrected chi connectivity index (χ2v) is 4.89. The van der Waals surface area contributed by atoms with Gasteiger partial charge < -0.3 is 4.74 Å². The second kappa shape index (κ2) is 7.06. The Labute approximate surface area is 117 Å². The minimum atomic E-state index is -4.42. The van der Waals surface area contributed by atoms with E-state index in [1.54, 1.807) is 13.0 Å². The molecule has 0 heterocycles. The molecule has 0 aliphatic carbocycles. The van der Waals surface area contributed by atoms with Gasteiger partial charge >= 0.3 is 6.18 Å². The standard InChI is InChI=1S/C14H21F3N2O/c1-4-20-13(9(2)3)12(19-18)10-7-5-6-8-11(10)14(15,16)17/h5-9,12-13,19H,4,18H2,1-3H3. The van der Waals surface area contributed by atoms with E-state index in [2.05, 4.69) is 5.43 Å². The molecule has 3 nitrogen and oxygen atoms in total. The maximum atomic E-state index is 13.1. The van der Waals surface area contributed by atoms with E-state index in [9.17, 15) is 13.2 Å². The molecule has 2 atom stereocenters. The van der Waals surface area contributed by atoms with Gasteiger partial charge in [0.05, 0.1) is 17.7 Å². The lowest BCUT2D eigenvalue weighted by Gasteiger charge is -2.31. The van der Waals surface area contributed by atoms with Crippen molar-refractivity contribution in [3.8, 4) is 0 Å². The van der Waals surface area contributed by atoms with Crippen LogP contribution in [0.4, 0.5) is 13.2 Å². The van der Waals surface area contributed by atoms with Crippen molar-refractivity contribution in [3.05, 3.63) is 35.4 Å². The number of halogens is 3. The third kappa shape index (κ3) is 3.94. The summed E-state index contributed by atoms with van der Waals surface area (Å²) < 4.78 is 44.8. The molecule has 0 spiro atoms. The number of hydrazine groups is 1. The zero-order valence-corrected chi connectivity index (χ0v) is 11.9. The van der Waals surface area contributed by atoms with Crippen LogP contribution in [0.2, 0.25) is 0 Å². The first-order valence-corrected chi connectivity index (χ1v) is 6.56. The van der Waals surface area contributed by atoms with E-state index in [1.807, 2.05) is 13.8 Å². The largest absolute Gasteiger partial charge is 0.416 e. The molecule has 0 bridgehead atoms. The highest BCUT2D eigenvalue weighted by Gasteiger charge is 2.37. The normalized spacial score (nSPS) is 15.4. The zero-order valence-electron chi connectivity index (χ0n) is 11.9. The molecule has 0 saturated carbocycles. The minimum absolute atomic E-state index is 0.0253. The molecule has 0 saturated heterocycles. The van der Waals surface area contributed by atoms with Crippen molar-refractivity contribution in [3.63, 3.8) is 0 Å². The summed E-state index contributed by atoms with van der Waals surface area (Å²) >= 11 is 0. The molecule has 0 aromatic heterocycles. The fourth-order valence-electron chi connectivity index (χ4n) is 2.25. The highest BCUT2D eigenvalue weighted by atomic mass is 19.4. The molecule has 20 heavy (non-hydrogen) atoms. The number of benzene rings is 1. The number of hydrogen-bond acceptors (Lipinski definition) is 3. The first-order chi connectivity index (χ1) is 9.32. The highest BCUT2D eigenvalue weighted by Crippen LogP contribution is 2.36. The van der Waals surface area contributed by atoms with Gasteiger partial charge in [0.15, 0.2) is 0 Å². The summed E-state index contributed by atoms with van der Waals surface area (Å²) in [4.78, 5) is 0. The van der Waals surface area contributed by atoms with Crippen LogP contribution in [-0.4, -0.2) is 12.7 Å². The molecule has 1 aromatic carbocycles. The summed E-state index contributed by atoms with van der Waals surface area (Å²) in [5.74, 6) is 5.51. The number of rotatable bonds is 6. The number of nitrogens with two attached hydrogens (primary N) is 1. The van der Waals surface area contributed by atoms with Crippen molar-refractivity contribution in [1.82, 2.24) is 5.43 Å². The summed E-state index contributed by atoms with van der Waals surface area (Å²) in [5, 5.41) is 0. The molecule has 114 valence electrons. The summed E-state index contributed by atoms with van der Waals surface area (Å²) in [6.45, 7) is 6.00. The molecular weight excluding hydrogens is 269 g/mol. The van der Waals surface area contributed by atoms with Crippen molar-refractivity contribution in [2.45, 2.75) is 39.1 Å². The number of nitrogens with one attached hydrogen (secondary N) is 1. The lowest BCUT2D eigenvalue weighted by molar-refractivity contribution is -0.139. The third-order valence-electron chi connectivity index (χ3n) is 3.13. The average Bonchev–Trinajstić information content (AvgIpc) is 2.38. The second-order valence-electron chi connectivity index (χ2n) is 4.89. The lowest BCUT2D eigenvalue weighted by Crippen LogP contribution is -2.41. The van der Waals surface area contributed by atoms with Gasteiger partial charge in [-0.3, -0.25) is 11.3 Å². The van der Waals surface area contributed by atoms with E-state index >= 15 is 0 Å². The first-order valence-electron chi connectivity index (χ1n) is 6.56. The fourth-order valence-corrected chi connectivity index (χ4v) is 2.25. The van der Waals surface area contributed by atoms with Crippen LogP contribution in [-0.2, 0) is 10.9 Å². The predicted molar refractivity (Wildman–Crippen MR) is 71.8 cm³/mol. The van der Waals surface area contributed by atoms with Crippen LogP contribution in [0.25, 0.3) is 0 Å². The SMILES string of the molecule is CCOC(C(C)C)C(NN)c1ccccc1C(F)(F)F. The van der Waals surface area contributed by atoms with Gasteiger partial charge in [-0.1, -0.05) is 32.0 Å². The van der Waals surface area contributed by atoms with Crippen LogP contribution >= 0.6 is 0 Å². The van der Waals surface area contributed by atoms with Gasteiger partial charge in [0.2, 0.25) is 0 Å². The quantitative estimate of drug-likeness (QED) is 0.624. The summed E-state index contributed by atoms with van der Waals surface area (Å²) in [5.41, 5.74) is 1.89. The molecule has 3 N–H and O–H groups in total. The summed E-state index contributed by atoms with van der Waals surface area (Å²) in [6.07, 6.45) is -4.85. The molecule has 1 rings (SSSR count). The first kappa shape index (κ1) is 16.9. The van der Waals surface area contributed by atoms with Gasteiger partial charge in [0, 0.05) is 6.61 Å². The molecule has 0 radical (unpaired) electrons. The van der Waals surface area contributed by atoms with Gasteiger partial charge in [0.1, 0.15) is 0 Å². The topological polar surface area (TPSA) is 47.3 Å². The van der Waals surface area contributed by atoms with Crippen LogP contribution in [0.3, 0.4) is 0 Å². The number of ether oxygens (including phenoxy) is 1. The van der Waals surface area contributed by atoms with Crippen LogP contribution < -0.4 is 11.3 Å². The fraction of sp³-hybridized carbons (Fsp3) is 0.571. The Kier molecular flexibility index (Phi) is 5.98. The van der Waals surface area contributed by atoms with Crippen LogP contribution in [0.5, 0.6) is 0 Å². The van der Waals surface area contributed by atoms with Crippen molar-refractivity contribution in [1.29, 1.82) is 0 Å². The Morgan fingerprint density at radius 3 is 2.30 bits per heavy atom. The smallest absolute Gasteiger partial charge is 0.376 e. The molecule has 0 aliphatic heterocycles. The van der Waals surface area contributed by atoms with E-state index in [4.69, 9.17) is 10.6 Å². The Morgan fingerprint density at radius 2 is 1.85 bits per heavy atom. The molecular formula is C14H21F3N2O. The molecule has 2 unspecified atom stereocenters. The van der Waals surface area contributed by atoms with E-state index in [0.717, 1.165) is 6.07 Å². The van der Waals surface area contributed by atoms with Gasteiger partial charge in [0.25, 0.3) is 0 Å². The van der Waals surface area contributed by atoms with Gasteiger partial charge in [-0.15, -0.1) is 0 Å². The number of hydrogen-bond donors (Lipinski definition) is 2. The summed E-state index contributed by atoms with van der Waals surface area (Å²) in [7, 11) is 0. The average molecular weight is 290 g/mol. The van der Waals surface area contributed by atoms with E-state index in [-0.39, 0.29) is 11.5 Å². The Morgan fingerprint density at radius 1 is 1.25 bits per heavy atom. The van der Waals surface area contributed by atoms with Gasteiger partial charge in [-0.25, -0.2) is 0 Å².